The van der Waals surface area contributed by atoms with Crippen LogP contribution in [0.5, 0.6) is 0 Å². The normalized spacial score (nSPS) is 10.7. The van der Waals surface area contributed by atoms with Crippen molar-refractivity contribution in [1.29, 1.82) is 0 Å². The van der Waals surface area contributed by atoms with Gasteiger partial charge in [-0.25, -0.2) is 13.2 Å². The molecule has 0 atom stereocenters. The third-order valence-electron chi connectivity index (χ3n) is 2.67. The van der Waals surface area contributed by atoms with E-state index in [0.717, 1.165) is 12.1 Å². The zero-order valence-corrected chi connectivity index (χ0v) is 10.4. The van der Waals surface area contributed by atoms with Crippen molar-refractivity contribution in [2.45, 2.75) is 13.5 Å². The Labute approximate surface area is 109 Å². The van der Waals surface area contributed by atoms with Crippen LogP contribution in [-0.4, -0.2) is 11.5 Å². The van der Waals surface area contributed by atoms with Crippen LogP contribution in [0.25, 0.3) is 11.1 Å². The topological polar surface area (TPSA) is 24.9 Å². The van der Waals surface area contributed by atoms with Crippen molar-refractivity contribution in [1.82, 2.24) is 10.3 Å². The predicted octanol–water partition coefficient (Wildman–Crippen LogP) is 3.28. The summed E-state index contributed by atoms with van der Waals surface area (Å²) in [6, 6.07) is 2.96. The Morgan fingerprint density at radius 1 is 1.05 bits per heavy atom. The van der Waals surface area contributed by atoms with Gasteiger partial charge in [0.25, 0.3) is 0 Å². The second-order valence-electron chi connectivity index (χ2n) is 4.11. The van der Waals surface area contributed by atoms with E-state index in [1.165, 1.54) is 6.20 Å². The van der Waals surface area contributed by atoms with Gasteiger partial charge < -0.3 is 5.32 Å². The smallest absolute Gasteiger partial charge is 0.136 e. The highest BCUT2D eigenvalue weighted by molar-refractivity contribution is 5.64. The molecule has 0 aliphatic rings. The first-order valence-corrected chi connectivity index (χ1v) is 5.91. The van der Waals surface area contributed by atoms with E-state index in [9.17, 15) is 13.2 Å². The van der Waals surface area contributed by atoms with Crippen LogP contribution in [0.4, 0.5) is 13.2 Å². The molecule has 19 heavy (non-hydrogen) atoms. The summed E-state index contributed by atoms with van der Waals surface area (Å²) in [5.41, 5.74) is 0.847. The van der Waals surface area contributed by atoms with Crippen LogP contribution in [0, 0.1) is 17.5 Å². The lowest BCUT2D eigenvalue weighted by molar-refractivity contribution is 0.548. The molecule has 0 bridgehead atoms. The van der Waals surface area contributed by atoms with Gasteiger partial charge in [-0.15, -0.1) is 0 Å². The van der Waals surface area contributed by atoms with E-state index in [4.69, 9.17) is 0 Å². The first-order chi connectivity index (χ1) is 9.11. The highest BCUT2D eigenvalue weighted by Crippen LogP contribution is 2.26. The van der Waals surface area contributed by atoms with Crippen molar-refractivity contribution in [3.8, 4) is 11.1 Å². The average molecular weight is 266 g/mol. The molecule has 2 rings (SSSR count). The van der Waals surface area contributed by atoms with Gasteiger partial charge in [0.15, 0.2) is 0 Å². The minimum atomic E-state index is -0.935. The molecule has 0 saturated heterocycles. The summed E-state index contributed by atoms with van der Waals surface area (Å²) in [5.74, 6) is -2.80. The van der Waals surface area contributed by atoms with E-state index in [0.29, 0.717) is 24.2 Å². The molecule has 0 spiro atoms. The van der Waals surface area contributed by atoms with E-state index in [1.807, 2.05) is 6.92 Å². The summed E-state index contributed by atoms with van der Waals surface area (Å²) in [6.45, 7) is 3.29. The number of hydrogen-bond acceptors (Lipinski definition) is 2. The molecule has 1 aromatic carbocycles. The van der Waals surface area contributed by atoms with Crippen LogP contribution >= 0.6 is 0 Å². The van der Waals surface area contributed by atoms with Crippen LogP contribution in [0.2, 0.25) is 0 Å². The molecule has 0 fully saturated rings. The van der Waals surface area contributed by atoms with E-state index in [2.05, 4.69) is 10.3 Å². The Morgan fingerprint density at radius 3 is 2.37 bits per heavy atom. The molecule has 2 nitrogen and oxygen atoms in total. The van der Waals surface area contributed by atoms with Gasteiger partial charge in [-0.3, -0.25) is 4.98 Å². The first kappa shape index (κ1) is 13.5. The van der Waals surface area contributed by atoms with E-state index >= 15 is 0 Å². The zero-order valence-electron chi connectivity index (χ0n) is 10.4. The van der Waals surface area contributed by atoms with Gasteiger partial charge in [-0.2, -0.15) is 0 Å². The van der Waals surface area contributed by atoms with Gasteiger partial charge in [0.2, 0.25) is 0 Å². The fourth-order valence-corrected chi connectivity index (χ4v) is 1.81. The van der Waals surface area contributed by atoms with Gasteiger partial charge in [0, 0.05) is 36.6 Å². The standard InChI is InChI=1S/C14H13F3N2/c1-2-18-6-9-3-10(8-19-7-9)14-12(16)4-11(15)5-13(14)17/h3-5,7-8,18H,2,6H2,1H3. The minimum Gasteiger partial charge on any atom is -0.313 e. The van der Waals surface area contributed by atoms with Gasteiger partial charge >= 0.3 is 0 Å². The van der Waals surface area contributed by atoms with Crippen molar-refractivity contribution >= 4 is 0 Å². The molecule has 0 unspecified atom stereocenters. The molecular formula is C14H13F3N2. The van der Waals surface area contributed by atoms with Crippen LogP contribution in [-0.2, 0) is 6.54 Å². The van der Waals surface area contributed by atoms with Crippen molar-refractivity contribution in [3.63, 3.8) is 0 Å². The van der Waals surface area contributed by atoms with Crippen LogP contribution in [0.3, 0.4) is 0 Å². The molecule has 0 aliphatic heterocycles. The Hall–Kier alpha value is -1.88. The lowest BCUT2D eigenvalue weighted by Gasteiger charge is -2.07. The zero-order chi connectivity index (χ0) is 13.8. The fraction of sp³-hybridized carbons (Fsp3) is 0.214. The molecule has 2 aromatic rings. The van der Waals surface area contributed by atoms with Gasteiger partial charge in [0.1, 0.15) is 17.5 Å². The molecule has 1 N–H and O–H groups in total. The van der Waals surface area contributed by atoms with E-state index in [1.54, 1.807) is 12.3 Å². The first-order valence-electron chi connectivity index (χ1n) is 5.91. The summed E-state index contributed by atoms with van der Waals surface area (Å²) in [5, 5.41) is 3.09. The van der Waals surface area contributed by atoms with Gasteiger partial charge in [-0.1, -0.05) is 6.92 Å². The van der Waals surface area contributed by atoms with E-state index in [-0.39, 0.29) is 5.56 Å². The Balaban J connectivity index is 2.42. The third kappa shape index (κ3) is 3.12. The van der Waals surface area contributed by atoms with E-state index < -0.39 is 17.5 Å². The summed E-state index contributed by atoms with van der Waals surface area (Å²) >= 11 is 0. The quantitative estimate of drug-likeness (QED) is 0.918. The number of benzene rings is 1. The number of nitrogens with one attached hydrogen (secondary N) is 1. The molecule has 1 aromatic heterocycles. The maximum atomic E-state index is 13.7. The van der Waals surface area contributed by atoms with Gasteiger partial charge in [0.05, 0.1) is 5.56 Å². The monoisotopic (exact) mass is 266 g/mol. The number of aromatic nitrogens is 1. The highest BCUT2D eigenvalue weighted by Gasteiger charge is 2.14. The second kappa shape index (κ2) is 5.84. The summed E-state index contributed by atoms with van der Waals surface area (Å²) in [6.07, 6.45) is 2.97. The van der Waals surface area contributed by atoms with Crippen LogP contribution in [0.15, 0.2) is 30.6 Å². The molecule has 5 heteroatoms. The summed E-state index contributed by atoms with van der Waals surface area (Å²) in [4.78, 5) is 3.95. The van der Waals surface area contributed by atoms with Crippen molar-refractivity contribution in [2.24, 2.45) is 0 Å². The molecule has 1 heterocycles. The maximum Gasteiger partial charge on any atom is 0.136 e. The third-order valence-corrected chi connectivity index (χ3v) is 2.67. The lowest BCUT2D eigenvalue weighted by atomic mass is 10.0. The Bertz CT molecular complexity index is 562. The van der Waals surface area contributed by atoms with Crippen LogP contribution < -0.4 is 5.32 Å². The molecule has 0 radical (unpaired) electrons. The summed E-state index contributed by atoms with van der Waals surface area (Å²) < 4.78 is 40.2. The molecule has 0 amide bonds. The average Bonchev–Trinajstić information content (AvgIpc) is 2.35. The van der Waals surface area contributed by atoms with Crippen molar-refractivity contribution < 1.29 is 13.2 Å². The number of rotatable bonds is 4. The van der Waals surface area contributed by atoms with Crippen molar-refractivity contribution in [3.05, 3.63) is 53.6 Å². The summed E-state index contributed by atoms with van der Waals surface area (Å²) in [7, 11) is 0. The van der Waals surface area contributed by atoms with Crippen molar-refractivity contribution in [2.75, 3.05) is 6.54 Å². The molecule has 0 aliphatic carbocycles. The molecule has 0 saturated carbocycles. The second-order valence-corrected chi connectivity index (χ2v) is 4.11. The SMILES string of the molecule is CCNCc1cncc(-c2c(F)cc(F)cc2F)c1. The van der Waals surface area contributed by atoms with Gasteiger partial charge in [-0.05, 0) is 18.2 Å². The Morgan fingerprint density at radius 2 is 1.74 bits per heavy atom. The lowest BCUT2D eigenvalue weighted by Crippen LogP contribution is -2.11. The number of halogens is 3. The number of nitrogens with zero attached hydrogens (tertiary/aromatic N) is 1. The minimum absolute atomic E-state index is 0.257. The highest BCUT2D eigenvalue weighted by atomic mass is 19.1. The largest absolute Gasteiger partial charge is 0.313 e. The van der Waals surface area contributed by atoms with Crippen LogP contribution in [0.1, 0.15) is 12.5 Å². The fourth-order valence-electron chi connectivity index (χ4n) is 1.81. The maximum absolute atomic E-state index is 13.7. The predicted molar refractivity (Wildman–Crippen MR) is 66.9 cm³/mol. The number of pyridine rings is 1. The molecular weight excluding hydrogens is 253 g/mol. The number of hydrogen-bond donors (Lipinski definition) is 1. The molecule has 100 valence electrons. The Kier molecular flexibility index (Phi) is 4.16.